The first-order valence-electron chi connectivity index (χ1n) is 6.70. The van der Waals surface area contributed by atoms with Crippen LogP contribution in [0, 0.1) is 5.92 Å². The molecule has 1 aliphatic carbocycles. The van der Waals surface area contributed by atoms with Gasteiger partial charge in [0.05, 0.1) is 18.0 Å². The average Bonchev–Trinajstić information content (AvgIpc) is 3.06. The van der Waals surface area contributed by atoms with E-state index in [9.17, 15) is 9.59 Å². The Morgan fingerprint density at radius 1 is 1.57 bits per heavy atom. The predicted molar refractivity (Wildman–Crippen MR) is 81.9 cm³/mol. The molecule has 1 amide bonds. The molecule has 2 unspecified atom stereocenters. The van der Waals surface area contributed by atoms with Crippen molar-refractivity contribution in [3.63, 3.8) is 0 Å². The lowest BCUT2D eigenvalue weighted by Crippen LogP contribution is -2.33. The number of nitrogens with zero attached hydrogens (tertiary/aromatic N) is 2. The van der Waals surface area contributed by atoms with Gasteiger partial charge in [-0.25, -0.2) is 4.98 Å². The van der Waals surface area contributed by atoms with Crippen LogP contribution in [0.5, 0.6) is 0 Å². The summed E-state index contributed by atoms with van der Waals surface area (Å²) in [7, 11) is 1.71. The molecule has 0 spiro atoms. The van der Waals surface area contributed by atoms with Crippen molar-refractivity contribution >= 4 is 27.5 Å². The van der Waals surface area contributed by atoms with Crippen molar-refractivity contribution < 1.29 is 4.79 Å². The minimum absolute atomic E-state index is 0.00716. The van der Waals surface area contributed by atoms with E-state index in [1.807, 2.05) is 17.5 Å². The number of hydrogen-bond acceptors (Lipinski definition) is 5. The average molecular weight is 304 g/mol. The fourth-order valence-corrected chi connectivity index (χ4v) is 3.22. The number of nitrogens with one attached hydrogen (secondary N) is 1. The molecular formula is C14H16N4O2S. The van der Waals surface area contributed by atoms with E-state index >= 15 is 0 Å². The molecule has 7 heteroatoms. The summed E-state index contributed by atoms with van der Waals surface area (Å²) in [6.07, 6.45) is 4.34. The van der Waals surface area contributed by atoms with E-state index in [2.05, 4.69) is 9.97 Å². The Kier molecular flexibility index (Phi) is 3.60. The second-order valence-electron chi connectivity index (χ2n) is 5.23. The number of nitrogens with two attached hydrogens (primary N) is 1. The molecule has 2 aromatic rings. The van der Waals surface area contributed by atoms with Crippen molar-refractivity contribution in [2.24, 2.45) is 11.7 Å². The summed E-state index contributed by atoms with van der Waals surface area (Å²) in [5, 5.41) is 1.83. The van der Waals surface area contributed by atoms with Gasteiger partial charge >= 0.3 is 0 Å². The Bertz CT molecular complexity index is 764. The second kappa shape index (κ2) is 5.42. The summed E-state index contributed by atoms with van der Waals surface area (Å²) in [4.78, 5) is 32.9. The maximum absolute atomic E-state index is 12.3. The van der Waals surface area contributed by atoms with E-state index in [4.69, 9.17) is 5.73 Å². The highest BCUT2D eigenvalue weighted by molar-refractivity contribution is 7.17. The Morgan fingerprint density at radius 3 is 3.10 bits per heavy atom. The van der Waals surface area contributed by atoms with Crippen molar-refractivity contribution in [1.29, 1.82) is 0 Å². The van der Waals surface area contributed by atoms with Crippen molar-refractivity contribution in [2.45, 2.75) is 19.0 Å². The predicted octanol–water partition coefficient (Wildman–Crippen LogP) is 0.846. The van der Waals surface area contributed by atoms with Crippen molar-refractivity contribution in [3.05, 3.63) is 39.8 Å². The monoisotopic (exact) mass is 304 g/mol. The summed E-state index contributed by atoms with van der Waals surface area (Å²) in [5.74, 6) is 0.307. The van der Waals surface area contributed by atoms with Gasteiger partial charge in [-0.05, 0) is 17.9 Å². The molecule has 1 aliphatic rings. The summed E-state index contributed by atoms with van der Waals surface area (Å²) >= 11 is 1.36. The Morgan fingerprint density at radius 2 is 2.38 bits per heavy atom. The van der Waals surface area contributed by atoms with Crippen LogP contribution in [-0.4, -0.2) is 33.9 Å². The number of aromatic nitrogens is 2. The van der Waals surface area contributed by atoms with E-state index in [0.717, 1.165) is 0 Å². The van der Waals surface area contributed by atoms with Crippen molar-refractivity contribution in [1.82, 2.24) is 14.9 Å². The van der Waals surface area contributed by atoms with Crippen LogP contribution in [0.15, 0.2) is 28.4 Å². The molecule has 0 aliphatic heterocycles. The summed E-state index contributed by atoms with van der Waals surface area (Å²) < 4.78 is 0.609. The Labute approximate surface area is 125 Å². The lowest BCUT2D eigenvalue weighted by atomic mass is 10.1. The van der Waals surface area contributed by atoms with Gasteiger partial charge in [0.2, 0.25) is 5.91 Å². The van der Waals surface area contributed by atoms with Gasteiger partial charge < -0.3 is 15.6 Å². The van der Waals surface area contributed by atoms with E-state index in [0.29, 0.717) is 22.5 Å². The zero-order chi connectivity index (χ0) is 15.0. The van der Waals surface area contributed by atoms with Gasteiger partial charge in [0.1, 0.15) is 10.5 Å². The molecule has 110 valence electrons. The van der Waals surface area contributed by atoms with Crippen LogP contribution in [0.1, 0.15) is 12.2 Å². The SMILES string of the molecule is CN(Cc1nc2ccsc2c(=O)[nH]1)C(=O)C1C=CC(N)C1. The highest BCUT2D eigenvalue weighted by atomic mass is 32.1. The fourth-order valence-electron chi connectivity index (χ4n) is 2.49. The number of amides is 1. The van der Waals surface area contributed by atoms with Gasteiger partial charge in [-0.15, -0.1) is 11.3 Å². The number of fused-ring (bicyclic) bond motifs is 1. The van der Waals surface area contributed by atoms with E-state index < -0.39 is 0 Å². The van der Waals surface area contributed by atoms with Gasteiger partial charge in [-0.3, -0.25) is 9.59 Å². The molecule has 0 fully saturated rings. The molecule has 0 aromatic carbocycles. The lowest BCUT2D eigenvalue weighted by molar-refractivity contribution is -0.133. The largest absolute Gasteiger partial charge is 0.338 e. The third kappa shape index (κ3) is 2.74. The summed E-state index contributed by atoms with van der Waals surface area (Å²) in [6.45, 7) is 0.277. The first kappa shape index (κ1) is 14.0. The smallest absolute Gasteiger partial charge is 0.268 e. The molecule has 0 saturated heterocycles. The fraction of sp³-hybridized carbons (Fsp3) is 0.357. The Hall–Kier alpha value is -1.99. The zero-order valence-corrected chi connectivity index (χ0v) is 12.4. The van der Waals surface area contributed by atoms with E-state index in [1.165, 1.54) is 11.3 Å². The van der Waals surface area contributed by atoms with Crippen molar-refractivity contribution in [2.75, 3.05) is 7.05 Å². The minimum Gasteiger partial charge on any atom is -0.338 e. The number of carbonyl (C=O) groups is 1. The molecular weight excluding hydrogens is 288 g/mol. The maximum atomic E-state index is 12.3. The number of H-pyrrole nitrogens is 1. The van der Waals surface area contributed by atoms with Crippen LogP contribution in [0.2, 0.25) is 0 Å². The molecule has 21 heavy (non-hydrogen) atoms. The van der Waals surface area contributed by atoms with Crippen LogP contribution in [0.25, 0.3) is 10.2 Å². The maximum Gasteiger partial charge on any atom is 0.268 e. The normalized spacial score (nSPS) is 21.0. The Balaban J connectivity index is 1.76. The quantitative estimate of drug-likeness (QED) is 0.822. The molecule has 0 saturated carbocycles. The molecule has 3 rings (SSSR count). The third-order valence-electron chi connectivity index (χ3n) is 3.56. The van der Waals surface area contributed by atoms with Crippen molar-refractivity contribution in [3.8, 4) is 0 Å². The zero-order valence-electron chi connectivity index (χ0n) is 11.6. The molecule has 3 N–H and O–H groups in total. The van der Waals surface area contributed by atoms with Gasteiger partial charge in [-0.1, -0.05) is 12.2 Å². The summed E-state index contributed by atoms with van der Waals surface area (Å²) in [5.41, 5.74) is 6.28. The molecule has 2 atom stereocenters. The number of aromatic amines is 1. The lowest BCUT2D eigenvalue weighted by Gasteiger charge is -2.20. The first-order valence-corrected chi connectivity index (χ1v) is 7.58. The van der Waals surface area contributed by atoms with E-state index in [-0.39, 0.29) is 30.0 Å². The molecule has 2 aromatic heterocycles. The van der Waals surface area contributed by atoms with E-state index in [1.54, 1.807) is 18.0 Å². The summed E-state index contributed by atoms with van der Waals surface area (Å²) in [6, 6.07) is 1.76. The molecule has 0 radical (unpaired) electrons. The molecule has 6 nitrogen and oxygen atoms in total. The first-order chi connectivity index (χ1) is 10.0. The highest BCUT2D eigenvalue weighted by Crippen LogP contribution is 2.19. The van der Waals surface area contributed by atoms with Gasteiger partial charge in [0.15, 0.2) is 0 Å². The molecule has 0 bridgehead atoms. The van der Waals surface area contributed by atoms with Crippen LogP contribution in [0.3, 0.4) is 0 Å². The topological polar surface area (TPSA) is 92.1 Å². The van der Waals surface area contributed by atoms with Crippen LogP contribution in [-0.2, 0) is 11.3 Å². The van der Waals surface area contributed by atoms with Crippen LogP contribution < -0.4 is 11.3 Å². The highest BCUT2D eigenvalue weighted by Gasteiger charge is 2.25. The number of rotatable bonds is 3. The number of thiophene rings is 1. The number of hydrogen-bond donors (Lipinski definition) is 2. The van der Waals surface area contributed by atoms with Gasteiger partial charge in [0, 0.05) is 13.1 Å². The standard InChI is InChI=1S/C14H16N4O2S/c1-18(14(20)8-2-3-9(15)6-8)7-11-16-10-4-5-21-12(10)13(19)17-11/h2-5,8-9H,6-7,15H2,1H3,(H,16,17,19). The number of carbonyl (C=O) groups excluding carboxylic acids is 1. The van der Waals surface area contributed by atoms with Crippen LogP contribution >= 0.6 is 11.3 Å². The van der Waals surface area contributed by atoms with Gasteiger partial charge in [-0.2, -0.15) is 0 Å². The minimum atomic E-state index is -0.179. The second-order valence-corrected chi connectivity index (χ2v) is 6.15. The molecule has 2 heterocycles. The third-order valence-corrected chi connectivity index (χ3v) is 4.46. The van der Waals surface area contributed by atoms with Gasteiger partial charge in [0.25, 0.3) is 5.56 Å². The van der Waals surface area contributed by atoms with Crippen LogP contribution in [0.4, 0.5) is 0 Å².